The van der Waals surface area contributed by atoms with Crippen molar-refractivity contribution in [3.8, 4) is 0 Å². The summed E-state index contributed by atoms with van der Waals surface area (Å²) in [4.78, 5) is 11.7. The molecule has 1 heterocycles. The molecule has 2 N–H and O–H groups in total. The molecule has 2 amide bonds. The molecule has 1 unspecified atom stereocenters. The zero-order chi connectivity index (χ0) is 16.9. The second kappa shape index (κ2) is 7.96. The van der Waals surface area contributed by atoms with Crippen LogP contribution in [0.25, 0.3) is 0 Å². The number of ether oxygens (including phenoxy) is 1. The molecular weight excluding hydrogens is 342 g/mol. The van der Waals surface area contributed by atoms with Crippen LogP contribution >= 0.6 is 11.6 Å². The van der Waals surface area contributed by atoms with Gasteiger partial charge in [0.2, 0.25) is 10.0 Å². The van der Waals surface area contributed by atoms with Gasteiger partial charge in [0.25, 0.3) is 0 Å². The highest BCUT2D eigenvalue weighted by Crippen LogP contribution is 2.14. The maximum Gasteiger partial charge on any atom is 0.319 e. The maximum absolute atomic E-state index is 12.2. The number of nitrogens with zero attached hydrogens (tertiary/aromatic N) is 1. The van der Waals surface area contributed by atoms with Crippen LogP contribution in [0.4, 0.5) is 10.5 Å². The van der Waals surface area contributed by atoms with Gasteiger partial charge in [-0.15, -0.1) is 0 Å². The summed E-state index contributed by atoms with van der Waals surface area (Å²) in [6.45, 7) is 2.94. The maximum atomic E-state index is 12.2. The summed E-state index contributed by atoms with van der Waals surface area (Å²) in [7, 11) is -3.40. The Morgan fingerprint density at radius 3 is 2.96 bits per heavy atom. The summed E-state index contributed by atoms with van der Waals surface area (Å²) in [6, 6.07) is 6.23. The Labute approximate surface area is 141 Å². The van der Waals surface area contributed by atoms with Gasteiger partial charge >= 0.3 is 6.03 Å². The SMILES string of the molecule is CC1CN(S(=O)(=O)CCNC(=O)Nc2cccc(Cl)c2)CCO1. The first-order valence-electron chi connectivity index (χ1n) is 7.27. The van der Waals surface area contributed by atoms with Crippen LogP contribution in [0.1, 0.15) is 6.92 Å². The van der Waals surface area contributed by atoms with Gasteiger partial charge in [-0.3, -0.25) is 0 Å². The smallest absolute Gasteiger partial charge is 0.319 e. The van der Waals surface area contributed by atoms with Crippen LogP contribution in [-0.2, 0) is 14.8 Å². The molecule has 128 valence electrons. The highest BCUT2D eigenvalue weighted by Gasteiger charge is 2.27. The van der Waals surface area contributed by atoms with Crippen molar-refractivity contribution in [2.75, 3.05) is 37.3 Å². The zero-order valence-corrected chi connectivity index (χ0v) is 14.4. The number of hydrogen-bond donors (Lipinski definition) is 2. The number of carbonyl (C=O) groups is 1. The first-order valence-corrected chi connectivity index (χ1v) is 9.25. The second-order valence-corrected chi connectivity index (χ2v) is 7.77. The molecule has 1 saturated heterocycles. The molecular formula is C14H20ClN3O4S. The van der Waals surface area contributed by atoms with E-state index < -0.39 is 16.1 Å². The van der Waals surface area contributed by atoms with Gasteiger partial charge in [-0.05, 0) is 25.1 Å². The van der Waals surface area contributed by atoms with Gasteiger partial charge in [0.05, 0.1) is 18.5 Å². The molecule has 0 spiro atoms. The summed E-state index contributed by atoms with van der Waals surface area (Å²) >= 11 is 5.82. The molecule has 0 aromatic heterocycles. The molecule has 1 aliphatic heterocycles. The van der Waals surface area contributed by atoms with Crippen LogP contribution in [-0.4, -0.2) is 56.9 Å². The number of nitrogens with one attached hydrogen (secondary N) is 2. The molecule has 9 heteroatoms. The van der Waals surface area contributed by atoms with Gasteiger partial charge in [0, 0.05) is 30.3 Å². The fraction of sp³-hybridized carbons (Fsp3) is 0.500. The summed E-state index contributed by atoms with van der Waals surface area (Å²) < 4.78 is 31.1. The fourth-order valence-electron chi connectivity index (χ4n) is 2.20. The van der Waals surface area contributed by atoms with E-state index in [9.17, 15) is 13.2 Å². The van der Waals surface area contributed by atoms with Gasteiger partial charge < -0.3 is 15.4 Å². The molecule has 1 aromatic rings. The largest absolute Gasteiger partial charge is 0.376 e. The Morgan fingerprint density at radius 1 is 1.48 bits per heavy atom. The third-order valence-corrected chi connectivity index (χ3v) is 5.40. The fourth-order valence-corrected chi connectivity index (χ4v) is 3.80. The molecule has 0 bridgehead atoms. The highest BCUT2D eigenvalue weighted by atomic mass is 35.5. The number of amides is 2. The van der Waals surface area contributed by atoms with Crippen molar-refractivity contribution in [3.05, 3.63) is 29.3 Å². The lowest BCUT2D eigenvalue weighted by Gasteiger charge is -2.30. The van der Waals surface area contributed by atoms with Crippen molar-refractivity contribution < 1.29 is 17.9 Å². The van der Waals surface area contributed by atoms with E-state index in [-0.39, 0.29) is 18.4 Å². The van der Waals surface area contributed by atoms with Crippen LogP contribution in [0.3, 0.4) is 0 Å². The third kappa shape index (κ3) is 5.65. The molecule has 0 saturated carbocycles. The number of hydrogen-bond acceptors (Lipinski definition) is 4. The molecule has 1 aromatic carbocycles. The first-order chi connectivity index (χ1) is 10.9. The molecule has 1 fully saturated rings. The van der Waals surface area contributed by atoms with Crippen molar-refractivity contribution in [2.45, 2.75) is 13.0 Å². The van der Waals surface area contributed by atoms with E-state index >= 15 is 0 Å². The first kappa shape index (κ1) is 18.0. The molecule has 0 aliphatic carbocycles. The highest BCUT2D eigenvalue weighted by molar-refractivity contribution is 7.89. The van der Waals surface area contributed by atoms with Crippen molar-refractivity contribution in [1.29, 1.82) is 0 Å². The predicted molar refractivity (Wildman–Crippen MR) is 89.2 cm³/mol. The Bertz CT molecular complexity index is 653. The van der Waals surface area contributed by atoms with Gasteiger partial charge in [-0.2, -0.15) is 4.31 Å². The number of rotatable bonds is 5. The molecule has 1 aliphatic rings. The van der Waals surface area contributed by atoms with Gasteiger partial charge in [0.1, 0.15) is 0 Å². The molecule has 23 heavy (non-hydrogen) atoms. The Hall–Kier alpha value is -1.35. The minimum absolute atomic E-state index is 0.0282. The number of morpholine rings is 1. The van der Waals surface area contributed by atoms with Crippen LogP contribution < -0.4 is 10.6 Å². The number of anilines is 1. The molecule has 0 radical (unpaired) electrons. The normalized spacial score (nSPS) is 19.3. The minimum atomic E-state index is -3.40. The zero-order valence-electron chi connectivity index (χ0n) is 12.8. The Morgan fingerprint density at radius 2 is 2.26 bits per heavy atom. The predicted octanol–water partition coefficient (Wildman–Crippen LogP) is 1.51. The van der Waals surface area contributed by atoms with E-state index in [0.717, 1.165) is 0 Å². The Balaban J connectivity index is 1.78. The van der Waals surface area contributed by atoms with Gasteiger partial charge in [-0.1, -0.05) is 17.7 Å². The number of benzene rings is 1. The van der Waals surface area contributed by atoms with Crippen LogP contribution in [0, 0.1) is 0 Å². The number of urea groups is 1. The number of halogens is 1. The topological polar surface area (TPSA) is 87.7 Å². The summed E-state index contributed by atoms with van der Waals surface area (Å²) in [5.74, 6) is -0.150. The van der Waals surface area contributed by atoms with Gasteiger partial charge in [-0.25, -0.2) is 13.2 Å². The van der Waals surface area contributed by atoms with Crippen molar-refractivity contribution >= 4 is 33.3 Å². The lowest BCUT2D eigenvalue weighted by Crippen LogP contribution is -2.46. The standard InChI is InChI=1S/C14H20ClN3O4S/c1-11-10-18(6-7-22-11)23(20,21)8-5-16-14(19)17-13-4-2-3-12(15)9-13/h2-4,9,11H,5-8,10H2,1H3,(H2,16,17,19). The summed E-state index contributed by atoms with van der Waals surface area (Å²) in [5.41, 5.74) is 0.542. The average molecular weight is 362 g/mol. The monoisotopic (exact) mass is 361 g/mol. The number of carbonyl (C=O) groups excluding carboxylic acids is 1. The van der Waals surface area contributed by atoms with E-state index in [2.05, 4.69) is 10.6 Å². The average Bonchev–Trinajstić information content (AvgIpc) is 2.47. The van der Waals surface area contributed by atoms with Crippen LogP contribution in [0.2, 0.25) is 5.02 Å². The molecule has 2 rings (SSSR count). The van der Waals surface area contributed by atoms with Crippen molar-refractivity contribution in [1.82, 2.24) is 9.62 Å². The molecule has 7 nitrogen and oxygen atoms in total. The van der Waals surface area contributed by atoms with Crippen molar-refractivity contribution in [3.63, 3.8) is 0 Å². The second-order valence-electron chi connectivity index (χ2n) is 5.25. The van der Waals surface area contributed by atoms with Crippen LogP contribution in [0.5, 0.6) is 0 Å². The van der Waals surface area contributed by atoms with E-state index in [1.807, 2.05) is 6.92 Å². The van der Waals surface area contributed by atoms with Gasteiger partial charge in [0.15, 0.2) is 0 Å². The summed E-state index contributed by atoms with van der Waals surface area (Å²) in [6.07, 6.45) is -0.113. The minimum Gasteiger partial charge on any atom is -0.376 e. The summed E-state index contributed by atoms with van der Waals surface area (Å²) in [5, 5.41) is 5.63. The Kier molecular flexibility index (Phi) is 6.23. The van der Waals surface area contributed by atoms with Crippen LogP contribution in [0.15, 0.2) is 24.3 Å². The van der Waals surface area contributed by atoms with Crippen molar-refractivity contribution in [2.24, 2.45) is 0 Å². The number of sulfonamides is 1. The lowest BCUT2D eigenvalue weighted by atomic mass is 10.3. The van der Waals surface area contributed by atoms with E-state index in [1.54, 1.807) is 24.3 Å². The molecule has 1 atom stereocenters. The van der Waals surface area contributed by atoms with E-state index in [0.29, 0.717) is 30.4 Å². The lowest BCUT2D eigenvalue weighted by molar-refractivity contribution is 0.0102. The van der Waals surface area contributed by atoms with E-state index in [1.165, 1.54) is 4.31 Å². The third-order valence-electron chi connectivity index (χ3n) is 3.33. The quantitative estimate of drug-likeness (QED) is 0.832. The van der Waals surface area contributed by atoms with E-state index in [4.69, 9.17) is 16.3 Å².